The van der Waals surface area contributed by atoms with Gasteiger partial charge in [-0.05, 0) is 30.3 Å². The van der Waals surface area contributed by atoms with Crippen molar-refractivity contribution >= 4 is 27.8 Å². The van der Waals surface area contributed by atoms with Gasteiger partial charge in [0.1, 0.15) is 5.82 Å². The normalized spacial score (nSPS) is 11.4. The summed E-state index contributed by atoms with van der Waals surface area (Å²) in [7, 11) is 3.70. The molecule has 0 saturated heterocycles. The number of aromatic nitrogens is 3. The molecule has 0 aliphatic carbocycles. The van der Waals surface area contributed by atoms with E-state index in [-0.39, 0.29) is 5.91 Å². The smallest absolute Gasteiger partial charge is 0.251 e. The predicted octanol–water partition coefficient (Wildman–Crippen LogP) is 3.15. The lowest BCUT2D eigenvalue weighted by atomic mass is 10.1. The Balaban J connectivity index is 1.46. The zero-order valence-corrected chi connectivity index (χ0v) is 16.2. The summed E-state index contributed by atoms with van der Waals surface area (Å²) < 4.78 is 9.35. The van der Waals surface area contributed by atoms with E-state index >= 15 is 0 Å². The van der Waals surface area contributed by atoms with Crippen molar-refractivity contribution in [2.24, 2.45) is 7.05 Å². The van der Waals surface area contributed by atoms with Crippen LogP contribution in [-0.2, 0) is 24.8 Å². The van der Waals surface area contributed by atoms with Crippen LogP contribution in [-0.4, -0.2) is 40.3 Å². The number of nitrogens with one attached hydrogen (secondary N) is 1. The molecular weight excluding hydrogens is 352 g/mol. The van der Waals surface area contributed by atoms with E-state index in [0.29, 0.717) is 25.1 Å². The van der Waals surface area contributed by atoms with Crippen LogP contribution in [0.25, 0.3) is 21.9 Å². The summed E-state index contributed by atoms with van der Waals surface area (Å²) in [5.41, 5.74) is 3.82. The van der Waals surface area contributed by atoms with Crippen molar-refractivity contribution in [3.63, 3.8) is 0 Å². The number of carbonyl (C=O) groups excluding carboxylic acids is 1. The minimum absolute atomic E-state index is 0.0612. The SMILES string of the molecule is COCCn1ccc2c(C(=O)NCCc3nc4ccccc4n3C)cccc21. The number of hydrogen-bond acceptors (Lipinski definition) is 3. The van der Waals surface area contributed by atoms with Crippen LogP contribution in [0, 0.1) is 0 Å². The van der Waals surface area contributed by atoms with Crippen molar-refractivity contribution in [3.05, 3.63) is 66.1 Å². The number of methoxy groups -OCH3 is 1. The molecule has 6 heteroatoms. The molecule has 2 heterocycles. The van der Waals surface area contributed by atoms with Gasteiger partial charge in [0.2, 0.25) is 0 Å². The second-order valence-corrected chi connectivity index (χ2v) is 6.82. The first kappa shape index (κ1) is 18.3. The van der Waals surface area contributed by atoms with Crippen molar-refractivity contribution in [2.75, 3.05) is 20.3 Å². The molecule has 0 radical (unpaired) electrons. The molecule has 0 fully saturated rings. The highest BCUT2D eigenvalue weighted by Crippen LogP contribution is 2.20. The van der Waals surface area contributed by atoms with E-state index in [0.717, 1.165) is 34.3 Å². The standard InChI is InChI=1S/C22H24N4O2/c1-25-20-8-4-3-7-18(20)24-21(25)10-12-23-22(27)17-6-5-9-19-16(17)11-13-26(19)14-15-28-2/h3-9,11,13H,10,12,14-15H2,1-2H3,(H,23,27). The fourth-order valence-electron chi connectivity index (χ4n) is 3.61. The van der Waals surface area contributed by atoms with Crippen molar-refractivity contribution in [1.29, 1.82) is 0 Å². The summed E-state index contributed by atoms with van der Waals surface area (Å²) in [5, 5.41) is 3.99. The molecule has 0 bridgehead atoms. The Morgan fingerprint density at radius 3 is 2.75 bits per heavy atom. The van der Waals surface area contributed by atoms with E-state index in [1.807, 2.05) is 55.7 Å². The lowest BCUT2D eigenvalue weighted by Gasteiger charge is -2.08. The Labute approximate surface area is 163 Å². The number of imidazole rings is 1. The molecule has 28 heavy (non-hydrogen) atoms. The highest BCUT2D eigenvalue weighted by molar-refractivity contribution is 6.06. The second kappa shape index (κ2) is 7.86. The van der Waals surface area contributed by atoms with Gasteiger partial charge in [-0.15, -0.1) is 0 Å². The third kappa shape index (κ3) is 3.39. The van der Waals surface area contributed by atoms with Crippen molar-refractivity contribution in [1.82, 2.24) is 19.4 Å². The van der Waals surface area contributed by atoms with Gasteiger partial charge in [0.25, 0.3) is 5.91 Å². The fourth-order valence-corrected chi connectivity index (χ4v) is 3.61. The summed E-state index contributed by atoms with van der Waals surface area (Å²) in [5.74, 6) is 0.902. The molecule has 144 valence electrons. The number of hydrogen-bond donors (Lipinski definition) is 1. The number of para-hydroxylation sites is 2. The quantitative estimate of drug-likeness (QED) is 0.539. The number of nitrogens with zero attached hydrogens (tertiary/aromatic N) is 3. The third-order valence-corrected chi connectivity index (χ3v) is 5.11. The predicted molar refractivity (Wildman–Crippen MR) is 111 cm³/mol. The maximum Gasteiger partial charge on any atom is 0.251 e. The Kier molecular flexibility index (Phi) is 5.12. The Bertz CT molecular complexity index is 1130. The van der Waals surface area contributed by atoms with E-state index in [1.54, 1.807) is 7.11 Å². The van der Waals surface area contributed by atoms with Gasteiger partial charge in [-0.25, -0.2) is 4.98 Å². The topological polar surface area (TPSA) is 61.1 Å². The van der Waals surface area contributed by atoms with E-state index < -0.39 is 0 Å². The van der Waals surface area contributed by atoms with Crippen molar-refractivity contribution in [3.8, 4) is 0 Å². The third-order valence-electron chi connectivity index (χ3n) is 5.11. The minimum atomic E-state index is -0.0612. The first-order chi connectivity index (χ1) is 13.7. The molecular formula is C22H24N4O2. The zero-order chi connectivity index (χ0) is 19.5. The summed E-state index contributed by atoms with van der Waals surface area (Å²) in [6, 6.07) is 15.9. The average molecular weight is 376 g/mol. The van der Waals surface area contributed by atoms with E-state index in [2.05, 4.69) is 25.5 Å². The number of ether oxygens (including phenoxy) is 1. The highest BCUT2D eigenvalue weighted by Gasteiger charge is 2.13. The van der Waals surface area contributed by atoms with E-state index in [4.69, 9.17) is 4.74 Å². The largest absolute Gasteiger partial charge is 0.383 e. The molecule has 0 atom stereocenters. The summed E-state index contributed by atoms with van der Waals surface area (Å²) in [6.45, 7) is 1.94. The van der Waals surface area contributed by atoms with Gasteiger partial charge in [0.05, 0.1) is 17.6 Å². The first-order valence-corrected chi connectivity index (χ1v) is 9.44. The number of fused-ring (bicyclic) bond motifs is 2. The minimum Gasteiger partial charge on any atom is -0.383 e. The highest BCUT2D eigenvalue weighted by atomic mass is 16.5. The Morgan fingerprint density at radius 2 is 1.93 bits per heavy atom. The van der Waals surface area contributed by atoms with E-state index in [1.165, 1.54) is 0 Å². The molecule has 0 aliphatic rings. The molecule has 2 aromatic carbocycles. The molecule has 1 N–H and O–H groups in total. The molecule has 0 aliphatic heterocycles. The van der Waals surface area contributed by atoms with Gasteiger partial charge < -0.3 is 19.2 Å². The monoisotopic (exact) mass is 376 g/mol. The average Bonchev–Trinajstić information content (AvgIpc) is 3.27. The molecule has 0 unspecified atom stereocenters. The van der Waals surface area contributed by atoms with Gasteiger partial charge in [0, 0.05) is 56.3 Å². The van der Waals surface area contributed by atoms with Crippen molar-refractivity contribution in [2.45, 2.75) is 13.0 Å². The molecule has 2 aromatic heterocycles. The molecule has 1 amide bonds. The van der Waals surface area contributed by atoms with E-state index in [9.17, 15) is 4.79 Å². The number of aryl methyl sites for hydroxylation is 1. The lowest BCUT2D eigenvalue weighted by molar-refractivity contribution is 0.0955. The number of amides is 1. The van der Waals surface area contributed by atoms with Gasteiger partial charge >= 0.3 is 0 Å². The first-order valence-electron chi connectivity index (χ1n) is 9.44. The Morgan fingerprint density at radius 1 is 1.11 bits per heavy atom. The van der Waals surface area contributed by atoms with Gasteiger partial charge in [-0.1, -0.05) is 18.2 Å². The summed E-state index contributed by atoms with van der Waals surface area (Å²) in [6.07, 6.45) is 2.68. The summed E-state index contributed by atoms with van der Waals surface area (Å²) in [4.78, 5) is 17.4. The lowest BCUT2D eigenvalue weighted by Crippen LogP contribution is -2.26. The van der Waals surface area contributed by atoms with Crippen molar-refractivity contribution < 1.29 is 9.53 Å². The Hall–Kier alpha value is -3.12. The van der Waals surface area contributed by atoms with Crippen LogP contribution in [0.3, 0.4) is 0 Å². The van der Waals surface area contributed by atoms with Crippen LogP contribution < -0.4 is 5.32 Å². The van der Waals surface area contributed by atoms with Crippen LogP contribution in [0.4, 0.5) is 0 Å². The maximum absolute atomic E-state index is 12.8. The van der Waals surface area contributed by atoms with Crippen LogP contribution in [0.5, 0.6) is 0 Å². The van der Waals surface area contributed by atoms with Crippen LogP contribution in [0.2, 0.25) is 0 Å². The molecule has 0 saturated carbocycles. The zero-order valence-electron chi connectivity index (χ0n) is 16.2. The number of carbonyl (C=O) groups is 1. The molecule has 4 rings (SSSR count). The van der Waals surface area contributed by atoms with Gasteiger partial charge in [0.15, 0.2) is 0 Å². The molecule has 4 aromatic rings. The van der Waals surface area contributed by atoms with Gasteiger partial charge in [-0.2, -0.15) is 0 Å². The second-order valence-electron chi connectivity index (χ2n) is 6.82. The van der Waals surface area contributed by atoms with Crippen LogP contribution >= 0.6 is 0 Å². The number of rotatable bonds is 7. The number of benzene rings is 2. The van der Waals surface area contributed by atoms with Gasteiger partial charge in [-0.3, -0.25) is 4.79 Å². The molecule has 0 spiro atoms. The molecule has 6 nitrogen and oxygen atoms in total. The van der Waals surface area contributed by atoms with Crippen LogP contribution in [0.1, 0.15) is 16.2 Å². The maximum atomic E-state index is 12.8. The summed E-state index contributed by atoms with van der Waals surface area (Å²) >= 11 is 0. The fraction of sp³-hybridized carbons (Fsp3) is 0.273. The van der Waals surface area contributed by atoms with Crippen LogP contribution in [0.15, 0.2) is 54.7 Å².